The number of nitrogens with zero attached hydrogens (tertiary/aromatic N) is 1. The molecular formula is C15H22ClNO5. The Morgan fingerprint density at radius 2 is 2.14 bits per heavy atom. The van der Waals surface area contributed by atoms with Crippen LogP contribution in [0.5, 0.6) is 0 Å². The number of hydrogen-bond donors (Lipinski definition) is 1. The third kappa shape index (κ3) is 3.30. The summed E-state index contributed by atoms with van der Waals surface area (Å²) in [6.45, 7) is 6.70. The number of ether oxygens (including phenoxy) is 2. The van der Waals surface area contributed by atoms with Crippen LogP contribution < -0.4 is 12.4 Å². The van der Waals surface area contributed by atoms with Crippen LogP contribution in [0.25, 0.3) is 0 Å². The average Bonchev–Trinajstić information content (AvgIpc) is 3.11. The summed E-state index contributed by atoms with van der Waals surface area (Å²) in [6.07, 6.45) is 2.12. The molecule has 0 amide bonds. The Kier molecular flexibility index (Phi) is 5.17. The molecular weight excluding hydrogens is 310 g/mol. The maximum Gasteiger partial charge on any atom is 0.346 e. The molecule has 2 atom stereocenters. The van der Waals surface area contributed by atoms with Crippen molar-refractivity contribution in [2.24, 2.45) is 0 Å². The van der Waals surface area contributed by atoms with Gasteiger partial charge in [-0.3, -0.25) is 0 Å². The van der Waals surface area contributed by atoms with E-state index in [0.717, 1.165) is 50.3 Å². The third-order valence-electron chi connectivity index (χ3n) is 4.61. The largest absolute Gasteiger partial charge is 1.00 e. The minimum Gasteiger partial charge on any atom is -1.00 e. The number of furan rings is 1. The van der Waals surface area contributed by atoms with E-state index in [2.05, 4.69) is 0 Å². The Morgan fingerprint density at radius 3 is 2.77 bits per heavy atom. The number of esters is 1. The minimum atomic E-state index is -1.73. The molecule has 2 aliphatic rings. The van der Waals surface area contributed by atoms with Crippen LogP contribution in [0.2, 0.25) is 0 Å². The van der Waals surface area contributed by atoms with Gasteiger partial charge in [0.1, 0.15) is 25.4 Å². The van der Waals surface area contributed by atoms with E-state index in [9.17, 15) is 9.90 Å². The van der Waals surface area contributed by atoms with E-state index < -0.39 is 11.6 Å². The number of halogens is 1. The van der Waals surface area contributed by atoms with Crippen molar-refractivity contribution in [3.05, 3.63) is 24.2 Å². The molecule has 1 N–H and O–H groups in total. The first-order chi connectivity index (χ1) is 10.0. The number of hydrogen-bond acceptors (Lipinski definition) is 5. The molecule has 0 aliphatic carbocycles. The molecule has 2 aliphatic heterocycles. The van der Waals surface area contributed by atoms with Crippen LogP contribution in [0.1, 0.15) is 19.1 Å². The average molecular weight is 332 g/mol. The molecule has 2 fully saturated rings. The number of rotatable bonds is 3. The lowest BCUT2D eigenvalue weighted by atomic mass is 10.0. The Labute approximate surface area is 136 Å². The van der Waals surface area contributed by atoms with Crippen molar-refractivity contribution in [1.82, 2.24) is 0 Å². The molecule has 7 heteroatoms. The van der Waals surface area contributed by atoms with Crippen molar-refractivity contribution < 1.29 is 40.7 Å². The molecule has 1 aromatic rings. The highest BCUT2D eigenvalue weighted by Gasteiger charge is 2.44. The van der Waals surface area contributed by atoms with Crippen LogP contribution >= 0.6 is 0 Å². The summed E-state index contributed by atoms with van der Waals surface area (Å²) >= 11 is 0. The molecule has 0 saturated carbocycles. The molecule has 3 rings (SSSR count). The van der Waals surface area contributed by atoms with E-state index in [-0.39, 0.29) is 24.3 Å². The molecule has 22 heavy (non-hydrogen) atoms. The summed E-state index contributed by atoms with van der Waals surface area (Å²) in [5.41, 5.74) is -1.73. The van der Waals surface area contributed by atoms with Gasteiger partial charge in [-0.1, -0.05) is 0 Å². The van der Waals surface area contributed by atoms with Gasteiger partial charge in [0.25, 0.3) is 0 Å². The lowest BCUT2D eigenvalue weighted by molar-refractivity contribution is -0.925. The van der Waals surface area contributed by atoms with Crippen molar-refractivity contribution in [3.63, 3.8) is 0 Å². The Bertz CT molecular complexity index is 496. The SMILES string of the molecule is CC(O)(C(=O)OC1CC[N+]2(CCOCC2)C1)c1ccco1.[Cl-]. The van der Waals surface area contributed by atoms with E-state index in [1.165, 1.54) is 13.2 Å². The van der Waals surface area contributed by atoms with Crippen LogP contribution in [-0.2, 0) is 19.9 Å². The zero-order valence-electron chi connectivity index (χ0n) is 12.7. The summed E-state index contributed by atoms with van der Waals surface area (Å²) in [7, 11) is 0. The second-order valence-electron chi connectivity index (χ2n) is 6.17. The Morgan fingerprint density at radius 1 is 1.41 bits per heavy atom. The first-order valence-corrected chi connectivity index (χ1v) is 7.42. The smallest absolute Gasteiger partial charge is 0.346 e. The summed E-state index contributed by atoms with van der Waals surface area (Å²) in [5, 5.41) is 10.3. The molecule has 2 unspecified atom stereocenters. The molecule has 1 aromatic heterocycles. The first-order valence-electron chi connectivity index (χ1n) is 7.42. The number of morpholine rings is 1. The lowest BCUT2D eigenvalue weighted by Gasteiger charge is -2.37. The molecule has 6 nitrogen and oxygen atoms in total. The van der Waals surface area contributed by atoms with E-state index in [1.807, 2.05) is 0 Å². The van der Waals surface area contributed by atoms with Crippen molar-refractivity contribution in [1.29, 1.82) is 0 Å². The van der Waals surface area contributed by atoms with Gasteiger partial charge >= 0.3 is 5.97 Å². The van der Waals surface area contributed by atoms with Gasteiger partial charge in [-0.15, -0.1) is 0 Å². The molecule has 0 bridgehead atoms. The van der Waals surface area contributed by atoms with E-state index >= 15 is 0 Å². The van der Waals surface area contributed by atoms with Crippen LogP contribution in [0.4, 0.5) is 0 Å². The molecule has 2 saturated heterocycles. The van der Waals surface area contributed by atoms with Gasteiger partial charge in [0.15, 0.2) is 6.10 Å². The summed E-state index contributed by atoms with van der Waals surface area (Å²) in [5.74, 6) is -0.434. The van der Waals surface area contributed by atoms with Gasteiger partial charge in [-0.2, -0.15) is 0 Å². The van der Waals surface area contributed by atoms with Gasteiger partial charge in [0.05, 0.1) is 26.0 Å². The Balaban J connectivity index is 0.00000176. The molecule has 0 aromatic carbocycles. The van der Waals surface area contributed by atoms with Gasteiger partial charge in [-0.05, 0) is 19.1 Å². The third-order valence-corrected chi connectivity index (χ3v) is 4.61. The Hall–Kier alpha value is -1.08. The quantitative estimate of drug-likeness (QED) is 0.496. The minimum absolute atomic E-state index is 0. The van der Waals surface area contributed by atoms with Crippen molar-refractivity contribution in [2.75, 3.05) is 39.4 Å². The lowest BCUT2D eigenvalue weighted by Crippen LogP contribution is -3.00. The van der Waals surface area contributed by atoms with Crippen molar-refractivity contribution >= 4 is 5.97 Å². The predicted octanol–water partition coefficient (Wildman–Crippen LogP) is -2.35. The van der Waals surface area contributed by atoms with Crippen molar-refractivity contribution in [3.8, 4) is 0 Å². The maximum atomic E-state index is 12.2. The second-order valence-corrected chi connectivity index (χ2v) is 6.17. The van der Waals surface area contributed by atoms with Gasteiger partial charge in [-0.25, -0.2) is 4.79 Å². The van der Waals surface area contributed by atoms with Gasteiger partial charge in [0.2, 0.25) is 5.60 Å². The number of quaternary nitrogens is 1. The molecule has 1 spiro atoms. The van der Waals surface area contributed by atoms with Crippen LogP contribution in [0.15, 0.2) is 22.8 Å². The fourth-order valence-electron chi connectivity index (χ4n) is 3.19. The van der Waals surface area contributed by atoms with Crippen LogP contribution in [-0.4, -0.2) is 61.1 Å². The normalized spacial score (nSPS) is 26.2. The van der Waals surface area contributed by atoms with Crippen LogP contribution in [0, 0.1) is 0 Å². The fourth-order valence-corrected chi connectivity index (χ4v) is 3.19. The standard InChI is InChI=1S/C15H22NO5.ClH/c1-15(18,13-3-2-8-20-13)14(17)21-12-4-5-16(11-12)6-9-19-10-7-16;/h2-3,8,12,18H,4-7,9-11H2,1H3;1H/q+1;/p-1. The van der Waals surface area contributed by atoms with Crippen molar-refractivity contribution in [2.45, 2.75) is 25.0 Å². The highest BCUT2D eigenvalue weighted by Crippen LogP contribution is 2.28. The van der Waals surface area contributed by atoms with E-state index in [4.69, 9.17) is 13.9 Å². The number of carbonyl (C=O) groups is 1. The zero-order chi connectivity index (χ0) is 14.9. The summed E-state index contributed by atoms with van der Waals surface area (Å²) in [6, 6.07) is 3.21. The first kappa shape index (κ1) is 17.3. The second kappa shape index (κ2) is 6.58. The predicted molar refractivity (Wildman–Crippen MR) is 73.3 cm³/mol. The van der Waals surface area contributed by atoms with E-state index in [1.54, 1.807) is 12.1 Å². The topological polar surface area (TPSA) is 68.9 Å². The highest BCUT2D eigenvalue weighted by molar-refractivity contribution is 5.79. The van der Waals surface area contributed by atoms with Gasteiger partial charge < -0.3 is 35.9 Å². The fraction of sp³-hybridized carbons (Fsp3) is 0.667. The number of carbonyl (C=O) groups excluding carboxylic acids is 1. The van der Waals surface area contributed by atoms with Gasteiger partial charge in [0, 0.05) is 6.42 Å². The maximum absolute atomic E-state index is 12.2. The van der Waals surface area contributed by atoms with E-state index in [0.29, 0.717) is 0 Å². The monoisotopic (exact) mass is 331 g/mol. The zero-order valence-corrected chi connectivity index (χ0v) is 13.4. The highest BCUT2D eigenvalue weighted by atomic mass is 35.5. The summed E-state index contributed by atoms with van der Waals surface area (Å²) < 4.78 is 17.0. The molecule has 0 radical (unpaired) electrons. The summed E-state index contributed by atoms with van der Waals surface area (Å²) in [4.78, 5) is 12.2. The molecule has 124 valence electrons. The van der Waals surface area contributed by atoms with Crippen LogP contribution in [0.3, 0.4) is 0 Å². The molecule has 3 heterocycles. The number of aliphatic hydroxyl groups is 1.